The van der Waals surface area contributed by atoms with Gasteiger partial charge in [-0.1, -0.05) is 45.0 Å². The van der Waals surface area contributed by atoms with Gasteiger partial charge in [-0.2, -0.15) is 0 Å². The molecule has 1 atom stereocenters. The lowest BCUT2D eigenvalue weighted by molar-refractivity contribution is -0.124. The highest BCUT2D eigenvalue weighted by Crippen LogP contribution is 2.06. The van der Waals surface area contributed by atoms with Gasteiger partial charge in [-0.3, -0.25) is 4.79 Å². The molecular weight excluding hydrogens is 304 g/mol. The molecule has 0 aliphatic heterocycles. The zero-order valence-electron chi connectivity index (χ0n) is 15.4. The summed E-state index contributed by atoms with van der Waals surface area (Å²) in [6.07, 6.45) is 1.00. The van der Waals surface area contributed by atoms with Gasteiger partial charge in [0.25, 0.3) is 0 Å². The van der Waals surface area contributed by atoms with Crippen LogP contribution in [0.3, 0.4) is 0 Å². The van der Waals surface area contributed by atoms with Crippen LogP contribution in [0.2, 0.25) is 0 Å². The standard InChI is InChI=1S/C19H30N2O3/c1-6-15-7-9-16(10-8-15)11-12-20-18(22)17(13(2)3)21-19(23)24-14(4)5/h7-10,13-14,17H,6,11-12H2,1-5H3,(H,20,22)(H,21,23). The van der Waals surface area contributed by atoms with E-state index in [9.17, 15) is 9.59 Å². The molecule has 5 heteroatoms. The van der Waals surface area contributed by atoms with Crippen LogP contribution in [0.5, 0.6) is 0 Å². The molecule has 0 heterocycles. The molecule has 1 aromatic rings. The SMILES string of the molecule is CCc1ccc(CCNC(=O)C(NC(=O)OC(C)C)C(C)C)cc1. The highest BCUT2D eigenvalue weighted by molar-refractivity contribution is 5.85. The Morgan fingerprint density at radius 2 is 1.62 bits per heavy atom. The average Bonchev–Trinajstić information content (AvgIpc) is 2.52. The molecule has 0 aliphatic rings. The number of carbonyl (C=O) groups excluding carboxylic acids is 2. The van der Waals surface area contributed by atoms with Crippen molar-refractivity contribution in [3.63, 3.8) is 0 Å². The Morgan fingerprint density at radius 3 is 2.12 bits per heavy atom. The second-order valence-corrected chi connectivity index (χ2v) is 6.53. The van der Waals surface area contributed by atoms with Gasteiger partial charge in [0.1, 0.15) is 6.04 Å². The third-order valence-electron chi connectivity index (χ3n) is 3.71. The van der Waals surface area contributed by atoms with Crippen LogP contribution in [0.25, 0.3) is 0 Å². The maximum Gasteiger partial charge on any atom is 0.408 e. The van der Waals surface area contributed by atoms with Crippen LogP contribution >= 0.6 is 0 Å². The Hall–Kier alpha value is -2.04. The van der Waals surface area contributed by atoms with E-state index < -0.39 is 12.1 Å². The zero-order valence-corrected chi connectivity index (χ0v) is 15.4. The molecule has 0 aromatic heterocycles. The van der Waals surface area contributed by atoms with Crippen molar-refractivity contribution in [3.8, 4) is 0 Å². The van der Waals surface area contributed by atoms with E-state index in [0.717, 1.165) is 12.8 Å². The number of hydrogen-bond donors (Lipinski definition) is 2. The number of benzene rings is 1. The van der Waals surface area contributed by atoms with Crippen molar-refractivity contribution in [2.24, 2.45) is 5.92 Å². The molecule has 0 saturated carbocycles. The predicted molar refractivity (Wildman–Crippen MR) is 95.9 cm³/mol. The molecule has 134 valence electrons. The normalized spacial score (nSPS) is 12.1. The lowest BCUT2D eigenvalue weighted by Gasteiger charge is -2.22. The van der Waals surface area contributed by atoms with Gasteiger partial charge >= 0.3 is 6.09 Å². The molecule has 1 rings (SSSR count). The summed E-state index contributed by atoms with van der Waals surface area (Å²) in [6.45, 7) is 9.99. The van der Waals surface area contributed by atoms with Crippen molar-refractivity contribution in [2.75, 3.05) is 6.54 Å². The number of hydrogen-bond acceptors (Lipinski definition) is 3. The highest BCUT2D eigenvalue weighted by Gasteiger charge is 2.24. The van der Waals surface area contributed by atoms with Crippen LogP contribution in [0.4, 0.5) is 4.79 Å². The van der Waals surface area contributed by atoms with E-state index in [1.807, 2.05) is 13.8 Å². The summed E-state index contributed by atoms with van der Waals surface area (Å²) in [5, 5.41) is 5.53. The third kappa shape index (κ3) is 7.02. The summed E-state index contributed by atoms with van der Waals surface area (Å²) in [6, 6.07) is 7.79. The summed E-state index contributed by atoms with van der Waals surface area (Å²) in [5.41, 5.74) is 2.48. The fourth-order valence-corrected chi connectivity index (χ4v) is 2.29. The fourth-order valence-electron chi connectivity index (χ4n) is 2.29. The topological polar surface area (TPSA) is 67.4 Å². The Balaban J connectivity index is 2.48. The van der Waals surface area contributed by atoms with Gasteiger partial charge < -0.3 is 15.4 Å². The van der Waals surface area contributed by atoms with E-state index in [2.05, 4.69) is 41.8 Å². The van der Waals surface area contributed by atoms with Gasteiger partial charge in [-0.15, -0.1) is 0 Å². The van der Waals surface area contributed by atoms with Crippen molar-refractivity contribution in [1.29, 1.82) is 0 Å². The zero-order chi connectivity index (χ0) is 18.1. The Morgan fingerprint density at radius 1 is 1.04 bits per heavy atom. The minimum atomic E-state index is -0.598. The molecule has 2 N–H and O–H groups in total. The largest absolute Gasteiger partial charge is 0.447 e. The quantitative estimate of drug-likeness (QED) is 0.768. The molecule has 0 bridgehead atoms. The first-order chi connectivity index (χ1) is 11.3. The highest BCUT2D eigenvalue weighted by atomic mass is 16.6. The smallest absolute Gasteiger partial charge is 0.408 e. The second kappa shape index (κ2) is 9.96. The first kappa shape index (κ1) is 20.0. The van der Waals surface area contributed by atoms with Crippen molar-refractivity contribution in [2.45, 2.75) is 59.6 Å². The summed E-state index contributed by atoms with van der Waals surface area (Å²) < 4.78 is 5.05. The van der Waals surface area contributed by atoms with Gasteiger partial charge in [0.2, 0.25) is 5.91 Å². The maximum absolute atomic E-state index is 12.3. The van der Waals surface area contributed by atoms with Crippen molar-refractivity contribution >= 4 is 12.0 Å². The first-order valence-electron chi connectivity index (χ1n) is 8.66. The average molecular weight is 334 g/mol. The maximum atomic E-state index is 12.3. The summed E-state index contributed by atoms with van der Waals surface area (Å²) >= 11 is 0. The minimum absolute atomic E-state index is 0.0199. The number of amides is 2. The van der Waals surface area contributed by atoms with E-state index in [0.29, 0.717) is 6.54 Å². The van der Waals surface area contributed by atoms with Crippen molar-refractivity contribution < 1.29 is 14.3 Å². The minimum Gasteiger partial charge on any atom is -0.447 e. The second-order valence-electron chi connectivity index (χ2n) is 6.53. The van der Waals surface area contributed by atoms with E-state index in [4.69, 9.17) is 4.74 Å². The van der Waals surface area contributed by atoms with Gasteiger partial charge in [0, 0.05) is 6.54 Å². The van der Waals surface area contributed by atoms with E-state index >= 15 is 0 Å². The molecule has 1 aromatic carbocycles. The summed E-state index contributed by atoms with van der Waals surface area (Å²) in [5.74, 6) is -0.204. The van der Waals surface area contributed by atoms with Crippen LogP contribution in [0.15, 0.2) is 24.3 Å². The Bertz CT molecular complexity index is 524. The molecule has 1 unspecified atom stereocenters. The summed E-state index contributed by atoms with van der Waals surface area (Å²) in [4.78, 5) is 24.0. The van der Waals surface area contributed by atoms with Crippen LogP contribution in [0, 0.1) is 5.92 Å². The molecule has 0 saturated heterocycles. The number of alkyl carbamates (subject to hydrolysis) is 1. The first-order valence-corrected chi connectivity index (χ1v) is 8.66. The van der Waals surface area contributed by atoms with Crippen molar-refractivity contribution in [1.82, 2.24) is 10.6 Å². The molecule has 0 radical (unpaired) electrons. The van der Waals surface area contributed by atoms with Crippen LogP contribution in [0.1, 0.15) is 45.7 Å². The molecule has 2 amide bonds. The van der Waals surface area contributed by atoms with E-state index in [1.54, 1.807) is 13.8 Å². The van der Waals surface area contributed by atoms with E-state index in [-0.39, 0.29) is 17.9 Å². The number of ether oxygens (including phenoxy) is 1. The molecule has 0 spiro atoms. The predicted octanol–water partition coefficient (Wildman–Crippen LogP) is 3.07. The molecule has 24 heavy (non-hydrogen) atoms. The van der Waals surface area contributed by atoms with Gasteiger partial charge in [0.05, 0.1) is 6.10 Å². The van der Waals surface area contributed by atoms with Gasteiger partial charge in [0.15, 0.2) is 0 Å². The van der Waals surface area contributed by atoms with Crippen molar-refractivity contribution in [3.05, 3.63) is 35.4 Å². The molecule has 0 fully saturated rings. The number of nitrogens with one attached hydrogen (secondary N) is 2. The number of rotatable bonds is 8. The number of carbonyl (C=O) groups is 2. The lowest BCUT2D eigenvalue weighted by Crippen LogP contribution is -2.50. The number of aryl methyl sites for hydroxylation is 1. The van der Waals surface area contributed by atoms with E-state index in [1.165, 1.54) is 11.1 Å². The monoisotopic (exact) mass is 334 g/mol. The molecular formula is C19H30N2O3. The molecule has 5 nitrogen and oxygen atoms in total. The Labute approximate surface area is 145 Å². The molecule has 0 aliphatic carbocycles. The Kier molecular flexibility index (Phi) is 8.30. The third-order valence-corrected chi connectivity index (χ3v) is 3.71. The lowest BCUT2D eigenvalue weighted by atomic mass is 10.0. The summed E-state index contributed by atoms with van der Waals surface area (Å²) in [7, 11) is 0. The fraction of sp³-hybridized carbons (Fsp3) is 0.579. The van der Waals surface area contributed by atoms with Crippen LogP contribution in [-0.4, -0.2) is 30.7 Å². The van der Waals surface area contributed by atoms with Gasteiger partial charge in [-0.25, -0.2) is 4.79 Å². The van der Waals surface area contributed by atoms with Crippen LogP contribution < -0.4 is 10.6 Å². The van der Waals surface area contributed by atoms with Crippen LogP contribution in [-0.2, 0) is 22.4 Å². The van der Waals surface area contributed by atoms with Gasteiger partial charge in [-0.05, 0) is 43.7 Å².